The van der Waals surface area contributed by atoms with E-state index < -0.39 is 0 Å². The Bertz CT molecular complexity index is 774. The first-order valence-corrected chi connectivity index (χ1v) is 7.19. The minimum absolute atomic E-state index is 0.535. The van der Waals surface area contributed by atoms with E-state index in [4.69, 9.17) is 16.1 Å². The zero-order valence-corrected chi connectivity index (χ0v) is 12.7. The molecule has 0 spiro atoms. The molecule has 3 rings (SSSR count). The van der Waals surface area contributed by atoms with E-state index >= 15 is 0 Å². The van der Waals surface area contributed by atoms with E-state index in [0.717, 1.165) is 17.1 Å². The Morgan fingerprint density at radius 1 is 1.23 bits per heavy atom. The highest BCUT2D eigenvalue weighted by Crippen LogP contribution is 2.19. The number of nitrogens with zero attached hydrogens (tertiary/aromatic N) is 4. The minimum atomic E-state index is 0.535. The molecule has 0 bridgehead atoms. The molecule has 2 aromatic heterocycles. The van der Waals surface area contributed by atoms with Gasteiger partial charge in [0.05, 0.1) is 11.9 Å². The second kappa shape index (κ2) is 6.53. The lowest BCUT2D eigenvalue weighted by Crippen LogP contribution is -2.07. The SMILES string of the molecule is Cc1cncc(NCCc2nc(-c3cccc(Cl)c3)no2)n1. The summed E-state index contributed by atoms with van der Waals surface area (Å²) in [7, 11) is 0. The maximum absolute atomic E-state index is 5.96. The van der Waals surface area contributed by atoms with Gasteiger partial charge < -0.3 is 9.84 Å². The van der Waals surface area contributed by atoms with E-state index in [-0.39, 0.29) is 0 Å². The van der Waals surface area contributed by atoms with E-state index in [1.165, 1.54) is 0 Å². The van der Waals surface area contributed by atoms with Gasteiger partial charge in [0.25, 0.3) is 0 Å². The number of halogens is 1. The van der Waals surface area contributed by atoms with Gasteiger partial charge in [-0.25, -0.2) is 4.98 Å². The van der Waals surface area contributed by atoms with Crippen LogP contribution in [0.5, 0.6) is 0 Å². The van der Waals surface area contributed by atoms with E-state index in [9.17, 15) is 0 Å². The summed E-state index contributed by atoms with van der Waals surface area (Å²) >= 11 is 5.96. The third-order valence-corrected chi connectivity index (χ3v) is 3.19. The minimum Gasteiger partial charge on any atom is -0.368 e. The van der Waals surface area contributed by atoms with Crippen molar-refractivity contribution >= 4 is 17.4 Å². The molecular weight excluding hydrogens is 302 g/mol. The molecule has 0 unspecified atom stereocenters. The van der Waals surface area contributed by atoms with Gasteiger partial charge in [0.1, 0.15) is 5.82 Å². The Kier molecular flexibility index (Phi) is 4.29. The molecule has 0 fully saturated rings. The van der Waals surface area contributed by atoms with Crippen LogP contribution in [0.3, 0.4) is 0 Å². The normalized spacial score (nSPS) is 10.6. The van der Waals surface area contributed by atoms with Gasteiger partial charge in [-0.15, -0.1) is 0 Å². The second-order valence-electron chi connectivity index (χ2n) is 4.74. The fraction of sp³-hybridized carbons (Fsp3) is 0.200. The van der Waals surface area contributed by atoms with E-state index in [0.29, 0.717) is 29.7 Å². The van der Waals surface area contributed by atoms with Gasteiger partial charge in [-0.1, -0.05) is 28.9 Å². The van der Waals surface area contributed by atoms with Crippen LogP contribution in [0.1, 0.15) is 11.6 Å². The van der Waals surface area contributed by atoms with Gasteiger partial charge in [-0.2, -0.15) is 4.98 Å². The molecule has 112 valence electrons. The molecule has 1 N–H and O–H groups in total. The van der Waals surface area contributed by atoms with Crippen molar-refractivity contribution < 1.29 is 4.52 Å². The number of rotatable bonds is 5. The van der Waals surface area contributed by atoms with Crippen LogP contribution in [0.25, 0.3) is 11.4 Å². The number of anilines is 1. The average molecular weight is 316 g/mol. The Morgan fingerprint density at radius 2 is 2.14 bits per heavy atom. The molecule has 6 nitrogen and oxygen atoms in total. The molecular formula is C15H14ClN5O. The molecule has 0 saturated heterocycles. The molecule has 0 aliphatic rings. The van der Waals surface area contributed by atoms with Crippen LogP contribution in [0.15, 0.2) is 41.2 Å². The summed E-state index contributed by atoms with van der Waals surface area (Å²) < 4.78 is 5.24. The van der Waals surface area contributed by atoms with Crippen molar-refractivity contribution in [1.82, 2.24) is 20.1 Å². The van der Waals surface area contributed by atoms with Crippen molar-refractivity contribution in [2.75, 3.05) is 11.9 Å². The fourth-order valence-electron chi connectivity index (χ4n) is 1.95. The Hall–Kier alpha value is -2.47. The first kappa shape index (κ1) is 14.5. The third-order valence-electron chi connectivity index (χ3n) is 2.95. The van der Waals surface area contributed by atoms with Crippen LogP contribution < -0.4 is 5.32 Å². The molecule has 1 aromatic carbocycles. The van der Waals surface area contributed by atoms with Crippen molar-refractivity contribution in [2.45, 2.75) is 13.3 Å². The highest BCUT2D eigenvalue weighted by molar-refractivity contribution is 6.30. The predicted octanol–water partition coefficient (Wildman–Crippen LogP) is 3.14. The van der Waals surface area contributed by atoms with Crippen LogP contribution in [0.2, 0.25) is 5.02 Å². The number of hydrogen-bond donors (Lipinski definition) is 1. The lowest BCUT2D eigenvalue weighted by molar-refractivity contribution is 0.381. The first-order valence-electron chi connectivity index (χ1n) is 6.82. The van der Waals surface area contributed by atoms with E-state index in [1.54, 1.807) is 24.5 Å². The Balaban J connectivity index is 1.60. The number of hydrogen-bond acceptors (Lipinski definition) is 6. The van der Waals surface area contributed by atoms with Crippen molar-refractivity contribution in [1.29, 1.82) is 0 Å². The maximum Gasteiger partial charge on any atom is 0.228 e. The summed E-state index contributed by atoms with van der Waals surface area (Å²) in [5.41, 5.74) is 1.70. The second-order valence-corrected chi connectivity index (χ2v) is 5.18. The lowest BCUT2D eigenvalue weighted by Gasteiger charge is -2.03. The summed E-state index contributed by atoms with van der Waals surface area (Å²) in [5, 5.41) is 7.78. The number of nitrogens with one attached hydrogen (secondary N) is 1. The summed E-state index contributed by atoms with van der Waals surface area (Å²) in [4.78, 5) is 12.7. The standard InChI is InChI=1S/C15H14ClN5O/c1-10-8-17-9-13(19-10)18-6-5-14-20-15(21-22-14)11-3-2-4-12(16)7-11/h2-4,7-9H,5-6H2,1H3,(H,18,19). The number of aryl methyl sites for hydroxylation is 1. The summed E-state index contributed by atoms with van der Waals surface area (Å²) in [6, 6.07) is 7.35. The van der Waals surface area contributed by atoms with Gasteiger partial charge in [-0.3, -0.25) is 4.98 Å². The Labute approximate surface area is 132 Å². The van der Waals surface area contributed by atoms with Gasteiger partial charge >= 0.3 is 0 Å². The van der Waals surface area contributed by atoms with Gasteiger partial charge in [-0.05, 0) is 19.1 Å². The van der Waals surface area contributed by atoms with E-state index in [2.05, 4.69) is 25.4 Å². The molecule has 0 saturated carbocycles. The molecule has 0 aliphatic heterocycles. The highest BCUT2D eigenvalue weighted by atomic mass is 35.5. The quantitative estimate of drug-likeness (QED) is 0.779. The zero-order chi connectivity index (χ0) is 15.4. The van der Waals surface area contributed by atoms with Gasteiger partial charge in [0.15, 0.2) is 0 Å². The Morgan fingerprint density at radius 3 is 2.95 bits per heavy atom. The first-order chi connectivity index (χ1) is 10.7. The molecule has 3 aromatic rings. The molecule has 7 heteroatoms. The average Bonchev–Trinajstić information content (AvgIpc) is 2.96. The van der Waals surface area contributed by atoms with Crippen molar-refractivity contribution in [3.8, 4) is 11.4 Å². The number of aromatic nitrogens is 4. The zero-order valence-electron chi connectivity index (χ0n) is 12.0. The maximum atomic E-state index is 5.96. The molecule has 22 heavy (non-hydrogen) atoms. The van der Waals surface area contributed by atoms with Crippen molar-refractivity contribution in [3.63, 3.8) is 0 Å². The molecule has 0 atom stereocenters. The van der Waals surface area contributed by atoms with Crippen molar-refractivity contribution in [2.24, 2.45) is 0 Å². The molecule has 0 amide bonds. The van der Waals surface area contributed by atoms with E-state index in [1.807, 2.05) is 19.1 Å². The van der Waals surface area contributed by atoms with Crippen molar-refractivity contribution in [3.05, 3.63) is 53.3 Å². The lowest BCUT2D eigenvalue weighted by atomic mass is 10.2. The molecule has 0 aliphatic carbocycles. The highest BCUT2D eigenvalue weighted by Gasteiger charge is 2.08. The van der Waals surface area contributed by atoms with Crippen LogP contribution in [0.4, 0.5) is 5.82 Å². The summed E-state index contributed by atoms with van der Waals surface area (Å²) in [6.07, 6.45) is 3.99. The monoisotopic (exact) mass is 315 g/mol. The summed E-state index contributed by atoms with van der Waals surface area (Å²) in [5.74, 6) is 1.82. The largest absolute Gasteiger partial charge is 0.368 e. The third kappa shape index (κ3) is 3.59. The molecule has 2 heterocycles. The van der Waals surface area contributed by atoms with Crippen LogP contribution in [-0.4, -0.2) is 26.7 Å². The summed E-state index contributed by atoms with van der Waals surface area (Å²) in [6.45, 7) is 2.53. The molecule has 0 radical (unpaired) electrons. The van der Waals surface area contributed by atoms with Gasteiger partial charge in [0, 0.05) is 29.7 Å². The van der Waals surface area contributed by atoms with Gasteiger partial charge in [0.2, 0.25) is 11.7 Å². The topological polar surface area (TPSA) is 76.7 Å². The fourth-order valence-corrected chi connectivity index (χ4v) is 2.14. The number of benzene rings is 1. The van der Waals surface area contributed by atoms with Crippen LogP contribution in [0, 0.1) is 6.92 Å². The van der Waals surface area contributed by atoms with Crippen LogP contribution >= 0.6 is 11.6 Å². The van der Waals surface area contributed by atoms with Crippen LogP contribution in [-0.2, 0) is 6.42 Å². The predicted molar refractivity (Wildman–Crippen MR) is 83.7 cm³/mol. The smallest absolute Gasteiger partial charge is 0.228 e.